The molecule has 12 nitrogen and oxygen atoms in total. The van der Waals surface area contributed by atoms with E-state index >= 15 is 0 Å². The van der Waals surface area contributed by atoms with Gasteiger partial charge in [-0.1, -0.05) is 0 Å². The zero-order chi connectivity index (χ0) is 22.3. The molecular weight excluding hydrogens is 408 g/mol. The number of carbonyl (C=O) groups is 5. The lowest BCUT2D eigenvalue weighted by atomic mass is 10.1. The number of aliphatic carboxylic acids is 2. The molecule has 1 saturated heterocycles. The number of hydrogen-bond acceptors (Lipinski definition) is 8. The van der Waals surface area contributed by atoms with Crippen LogP contribution in [-0.4, -0.2) is 92.4 Å². The van der Waals surface area contributed by atoms with Crippen LogP contribution in [0.1, 0.15) is 26.2 Å². The summed E-state index contributed by atoms with van der Waals surface area (Å²) in [5.74, 6) is -5.10. The van der Waals surface area contributed by atoms with Crippen molar-refractivity contribution in [2.24, 2.45) is 5.73 Å². The van der Waals surface area contributed by atoms with Crippen molar-refractivity contribution in [1.29, 1.82) is 0 Å². The first-order valence-electron chi connectivity index (χ1n) is 8.89. The number of amides is 3. The molecule has 5 atom stereocenters. The predicted octanol–water partition coefficient (Wildman–Crippen LogP) is -2.86. The molecule has 3 amide bonds. The average Bonchev–Trinajstić information content (AvgIpc) is 3.11. The van der Waals surface area contributed by atoms with Gasteiger partial charge in [-0.3, -0.25) is 19.2 Å². The fraction of sp³-hybridized carbons (Fsp3) is 0.688. The van der Waals surface area contributed by atoms with Crippen LogP contribution in [0.25, 0.3) is 0 Å². The molecule has 0 aromatic rings. The van der Waals surface area contributed by atoms with E-state index in [4.69, 9.17) is 15.9 Å². The number of carboxylic acids is 2. The summed E-state index contributed by atoms with van der Waals surface area (Å²) in [6.07, 6.45) is -1.28. The standard InChI is InChI=1S/C16H26N4O8S/c1-7(21)12(19-13(24)8(17)5-11(22)23)15(26)20-4-2-3-10(20)14(25)18-9(6-29)16(27)28/h7-10,12,21,29H,2-6,17H2,1H3,(H,18,25)(H,19,24)(H,22,23)(H,27,28). The average molecular weight is 434 g/mol. The molecule has 0 aliphatic carbocycles. The number of carboxylic acid groups (broad SMARTS) is 2. The van der Waals surface area contributed by atoms with Gasteiger partial charge in [0.15, 0.2) is 0 Å². The SMILES string of the molecule is CC(O)C(NC(=O)C(N)CC(=O)O)C(=O)N1CCCC1C(=O)NC(CS)C(=O)O. The van der Waals surface area contributed by atoms with Gasteiger partial charge in [-0.15, -0.1) is 0 Å². The summed E-state index contributed by atoms with van der Waals surface area (Å²) in [5.41, 5.74) is 5.47. The Kier molecular flexibility index (Phi) is 9.33. The molecule has 5 unspecified atom stereocenters. The number of nitrogens with two attached hydrogens (primary N) is 1. The van der Waals surface area contributed by atoms with Crippen molar-refractivity contribution in [3.63, 3.8) is 0 Å². The smallest absolute Gasteiger partial charge is 0.327 e. The van der Waals surface area contributed by atoms with Gasteiger partial charge in [0.1, 0.15) is 18.1 Å². The monoisotopic (exact) mass is 434 g/mol. The third-order valence-electron chi connectivity index (χ3n) is 4.41. The van der Waals surface area contributed by atoms with Crippen LogP contribution in [0, 0.1) is 0 Å². The van der Waals surface area contributed by atoms with Crippen LogP contribution in [0.4, 0.5) is 0 Å². The molecular formula is C16H26N4O8S. The van der Waals surface area contributed by atoms with Crippen LogP contribution in [-0.2, 0) is 24.0 Å². The quantitative estimate of drug-likeness (QED) is 0.177. The summed E-state index contributed by atoms with van der Waals surface area (Å²) < 4.78 is 0. The number of aliphatic hydroxyl groups is 1. The molecule has 1 rings (SSSR count). The summed E-state index contributed by atoms with van der Waals surface area (Å²) in [6.45, 7) is 1.41. The Morgan fingerprint density at radius 3 is 2.31 bits per heavy atom. The van der Waals surface area contributed by atoms with Crippen molar-refractivity contribution < 1.29 is 39.3 Å². The Hall–Kier alpha value is -2.38. The van der Waals surface area contributed by atoms with E-state index in [1.54, 1.807) is 0 Å². The maximum Gasteiger partial charge on any atom is 0.327 e. The lowest BCUT2D eigenvalue weighted by molar-refractivity contribution is -0.146. The molecule has 0 aromatic heterocycles. The van der Waals surface area contributed by atoms with Gasteiger partial charge in [-0.05, 0) is 19.8 Å². The predicted molar refractivity (Wildman–Crippen MR) is 102 cm³/mol. The molecule has 0 spiro atoms. The van der Waals surface area contributed by atoms with Crippen LogP contribution in [0.5, 0.6) is 0 Å². The van der Waals surface area contributed by atoms with E-state index in [1.165, 1.54) is 6.92 Å². The maximum absolute atomic E-state index is 12.9. The molecule has 0 bridgehead atoms. The van der Waals surface area contributed by atoms with Gasteiger partial charge >= 0.3 is 11.9 Å². The number of nitrogens with zero attached hydrogens (tertiary/aromatic N) is 1. The van der Waals surface area contributed by atoms with Crippen LogP contribution in [0.3, 0.4) is 0 Å². The van der Waals surface area contributed by atoms with E-state index in [-0.39, 0.29) is 18.7 Å². The lowest BCUT2D eigenvalue weighted by Gasteiger charge is -2.30. The highest BCUT2D eigenvalue weighted by Crippen LogP contribution is 2.19. The minimum Gasteiger partial charge on any atom is -0.481 e. The number of aliphatic hydroxyl groups excluding tert-OH is 1. The van der Waals surface area contributed by atoms with E-state index in [1.807, 2.05) is 0 Å². The second-order valence-electron chi connectivity index (χ2n) is 6.70. The largest absolute Gasteiger partial charge is 0.481 e. The molecule has 0 radical (unpaired) electrons. The third-order valence-corrected chi connectivity index (χ3v) is 4.78. The summed E-state index contributed by atoms with van der Waals surface area (Å²) in [4.78, 5) is 60.3. The van der Waals surface area contributed by atoms with Crippen LogP contribution in [0.2, 0.25) is 0 Å². The fourth-order valence-electron chi connectivity index (χ4n) is 2.86. The molecule has 164 valence electrons. The highest BCUT2D eigenvalue weighted by atomic mass is 32.1. The van der Waals surface area contributed by atoms with Crippen molar-refractivity contribution in [3.8, 4) is 0 Å². The molecule has 0 aromatic carbocycles. The fourth-order valence-corrected chi connectivity index (χ4v) is 3.11. The molecule has 29 heavy (non-hydrogen) atoms. The van der Waals surface area contributed by atoms with Crippen molar-refractivity contribution in [2.45, 2.75) is 56.5 Å². The molecule has 1 aliphatic rings. The second kappa shape index (κ2) is 11.0. The summed E-state index contributed by atoms with van der Waals surface area (Å²) >= 11 is 3.86. The Labute approximate surface area is 172 Å². The molecule has 0 saturated carbocycles. The molecule has 13 heteroatoms. The van der Waals surface area contributed by atoms with Crippen molar-refractivity contribution in [2.75, 3.05) is 12.3 Å². The maximum atomic E-state index is 12.9. The van der Waals surface area contributed by atoms with Gasteiger partial charge in [0, 0.05) is 12.3 Å². The van der Waals surface area contributed by atoms with Gasteiger partial charge in [0.2, 0.25) is 17.7 Å². The minimum absolute atomic E-state index is 0.143. The Bertz CT molecular complexity index is 659. The Morgan fingerprint density at radius 1 is 1.21 bits per heavy atom. The first-order valence-corrected chi connectivity index (χ1v) is 9.53. The van der Waals surface area contributed by atoms with E-state index in [9.17, 15) is 29.1 Å². The summed E-state index contributed by atoms with van der Waals surface area (Å²) in [5, 5.41) is 32.2. The van der Waals surface area contributed by atoms with E-state index in [2.05, 4.69) is 23.3 Å². The van der Waals surface area contributed by atoms with E-state index in [0.717, 1.165) is 4.90 Å². The van der Waals surface area contributed by atoms with Crippen LogP contribution in [0.15, 0.2) is 0 Å². The topological polar surface area (TPSA) is 199 Å². The molecule has 1 fully saturated rings. The van der Waals surface area contributed by atoms with Gasteiger partial charge < -0.3 is 36.6 Å². The molecule has 7 N–H and O–H groups in total. The number of thiol groups is 1. The molecule has 1 heterocycles. The van der Waals surface area contributed by atoms with Gasteiger partial charge in [0.05, 0.1) is 18.6 Å². The number of carbonyl (C=O) groups excluding carboxylic acids is 3. The summed E-state index contributed by atoms with van der Waals surface area (Å²) in [7, 11) is 0. The van der Waals surface area contributed by atoms with Crippen LogP contribution >= 0.6 is 12.6 Å². The second-order valence-corrected chi connectivity index (χ2v) is 7.07. The van der Waals surface area contributed by atoms with E-state index < -0.39 is 66.4 Å². The number of rotatable bonds is 10. The van der Waals surface area contributed by atoms with Crippen LogP contribution < -0.4 is 16.4 Å². The number of nitrogens with one attached hydrogen (secondary N) is 2. The lowest BCUT2D eigenvalue weighted by Crippen LogP contribution is -2.59. The van der Waals surface area contributed by atoms with Crippen molar-refractivity contribution in [3.05, 3.63) is 0 Å². The highest BCUT2D eigenvalue weighted by Gasteiger charge is 2.40. The normalized spacial score (nSPS) is 20.3. The highest BCUT2D eigenvalue weighted by molar-refractivity contribution is 7.80. The van der Waals surface area contributed by atoms with Crippen molar-refractivity contribution in [1.82, 2.24) is 15.5 Å². The van der Waals surface area contributed by atoms with Gasteiger partial charge in [-0.2, -0.15) is 12.6 Å². The Balaban J connectivity index is 2.90. The minimum atomic E-state index is -1.45. The number of hydrogen-bond donors (Lipinski definition) is 7. The summed E-state index contributed by atoms with van der Waals surface area (Å²) in [6, 6.07) is -5.08. The van der Waals surface area contributed by atoms with Gasteiger partial charge in [0.25, 0.3) is 0 Å². The van der Waals surface area contributed by atoms with Crippen molar-refractivity contribution >= 4 is 42.3 Å². The Morgan fingerprint density at radius 2 is 1.83 bits per heavy atom. The zero-order valence-electron chi connectivity index (χ0n) is 15.8. The first kappa shape index (κ1) is 24.7. The zero-order valence-corrected chi connectivity index (χ0v) is 16.7. The first-order chi connectivity index (χ1) is 13.5. The van der Waals surface area contributed by atoms with E-state index in [0.29, 0.717) is 6.42 Å². The molecule has 1 aliphatic heterocycles. The van der Waals surface area contributed by atoms with Gasteiger partial charge in [-0.25, -0.2) is 4.79 Å². The number of likely N-dealkylation sites (tertiary alicyclic amines) is 1. The third kappa shape index (κ3) is 6.87.